The van der Waals surface area contributed by atoms with Crippen molar-refractivity contribution in [1.29, 1.82) is 0 Å². The Labute approximate surface area is 245 Å². The molecule has 0 spiro atoms. The van der Waals surface area contributed by atoms with Gasteiger partial charge in [0.1, 0.15) is 0 Å². The molecule has 0 aliphatic heterocycles. The van der Waals surface area contributed by atoms with Crippen molar-refractivity contribution in [3.63, 3.8) is 0 Å². The van der Waals surface area contributed by atoms with E-state index in [1.54, 1.807) is 0 Å². The number of rotatable bonds is 15. The molecule has 3 N–H and O–H groups in total. The largest absolute Gasteiger partial charge is 0.376 e. The van der Waals surface area contributed by atoms with Crippen LogP contribution >= 0.6 is 0 Å². The summed E-state index contributed by atoms with van der Waals surface area (Å²) in [6.07, 6.45) is 2.41. The van der Waals surface area contributed by atoms with E-state index in [4.69, 9.17) is 10.5 Å². The zero-order valence-corrected chi connectivity index (χ0v) is 24.3. The standard InChI is InChI=1S/C36H43N3O2/c1-39(2)25-33(21-28-13-6-3-7-14-28)32-20-12-19-31(23-32)24-35(38-36(37)40)34(22-29-15-8-4-9-16-29)27-41-26-30-17-10-5-11-18-30/h3-20,23,33-35H,21-22,24-27H2,1-2H3,(H3,37,38,40)/t33-,34-,35?/m1/s1. The topological polar surface area (TPSA) is 67.6 Å². The number of urea groups is 1. The molecule has 1 unspecified atom stereocenters. The zero-order valence-electron chi connectivity index (χ0n) is 24.3. The molecule has 0 aliphatic carbocycles. The van der Waals surface area contributed by atoms with Crippen LogP contribution in [0.1, 0.15) is 33.7 Å². The Kier molecular flexibility index (Phi) is 11.5. The van der Waals surface area contributed by atoms with E-state index in [9.17, 15) is 4.79 Å². The van der Waals surface area contributed by atoms with Gasteiger partial charge >= 0.3 is 6.03 Å². The van der Waals surface area contributed by atoms with Crippen molar-refractivity contribution in [2.75, 3.05) is 27.2 Å². The molecular weight excluding hydrogens is 506 g/mol. The number of hydrogen-bond donors (Lipinski definition) is 2. The predicted octanol–water partition coefficient (Wildman–Crippen LogP) is 6.23. The van der Waals surface area contributed by atoms with Gasteiger partial charge in [0.05, 0.1) is 13.2 Å². The molecule has 0 heterocycles. The Morgan fingerprint density at radius 1 is 0.732 bits per heavy atom. The number of hydrogen-bond acceptors (Lipinski definition) is 3. The molecule has 4 aromatic rings. The average molecular weight is 550 g/mol. The molecule has 0 bridgehead atoms. The number of ether oxygens (including phenoxy) is 1. The fourth-order valence-electron chi connectivity index (χ4n) is 5.51. The minimum absolute atomic E-state index is 0.0409. The molecule has 0 saturated carbocycles. The van der Waals surface area contributed by atoms with Gasteiger partial charge in [-0.15, -0.1) is 0 Å². The molecule has 5 heteroatoms. The van der Waals surface area contributed by atoms with Crippen LogP contribution < -0.4 is 11.1 Å². The van der Waals surface area contributed by atoms with E-state index < -0.39 is 6.03 Å². The minimum Gasteiger partial charge on any atom is -0.376 e. The molecule has 4 aromatic carbocycles. The second-order valence-corrected chi connectivity index (χ2v) is 11.2. The molecular formula is C36H43N3O2. The first-order valence-electron chi connectivity index (χ1n) is 14.5. The van der Waals surface area contributed by atoms with Gasteiger partial charge in [-0.1, -0.05) is 115 Å². The van der Waals surface area contributed by atoms with Crippen LogP contribution in [0.2, 0.25) is 0 Å². The lowest BCUT2D eigenvalue weighted by molar-refractivity contribution is 0.0743. The third-order valence-electron chi connectivity index (χ3n) is 7.47. The summed E-state index contributed by atoms with van der Waals surface area (Å²) in [5.41, 5.74) is 11.9. The predicted molar refractivity (Wildman–Crippen MR) is 168 cm³/mol. The van der Waals surface area contributed by atoms with Gasteiger partial charge in [0.25, 0.3) is 0 Å². The third-order valence-corrected chi connectivity index (χ3v) is 7.47. The van der Waals surface area contributed by atoms with E-state index in [-0.39, 0.29) is 12.0 Å². The maximum absolute atomic E-state index is 12.2. The molecule has 214 valence electrons. The highest BCUT2D eigenvalue weighted by atomic mass is 16.5. The third kappa shape index (κ3) is 10.2. The van der Waals surface area contributed by atoms with Crippen LogP contribution in [0.15, 0.2) is 115 Å². The van der Waals surface area contributed by atoms with Crippen molar-refractivity contribution in [3.8, 4) is 0 Å². The highest BCUT2D eigenvalue weighted by molar-refractivity contribution is 5.72. The van der Waals surface area contributed by atoms with Crippen molar-refractivity contribution < 1.29 is 9.53 Å². The van der Waals surface area contributed by atoms with E-state index in [0.29, 0.717) is 25.6 Å². The molecule has 0 saturated heterocycles. The van der Waals surface area contributed by atoms with Crippen LogP contribution in [-0.2, 0) is 30.6 Å². The molecule has 0 radical (unpaired) electrons. The first kappa shape index (κ1) is 30.0. The van der Waals surface area contributed by atoms with Crippen LogP contribution in [0, 0.1) is 5.92 Å². The first-order valence-corrected chi connectivity index (χ1v) is 14.5. The minimum atomic E-state index is -0.512. The highest BCUT2D eigenvalue weighted by Gasteiger charge is 2.25. The molecule has 41 heavy (non-hydrogen) atoms. The normalized spacial score (nSPS) is 13.4. The number of nitrogens with two attached hydrogens (primary N) is 1. The maximum atomic E-state index is 12.2. The van der Waals surface area contributed by atoms with Gasteiger partial charge in [-0.2, -0.15) is 0 Å². The summed E-state index contributed by atoms with van der Waals surface area (Å²) in [5, 5.41) is 3.07. The lowest BCUT2D eigenvalue weighted by Gasteiger charge is -2.28. The average Bonchev–Trinajstić information content (AvgIpc) is 2.97. The van der Waals surface area contributed by atoms with Gasteiger partial charge in [0.15, 0.2) is 0 Å². The summed E-state index contributed by atoms with van der Waals surface area (Å²) in [7, 11) is 4.25. The number of likely N-dealkylation sites (N-methyl/N-ethyl adjacent to an activating group) is 1. The fraction of sp³-hybridized carbons (Fsp3) is 0.306. The van der Waals surface area contributed by atoms with E-state index in [1.807, 2.05) is 24.3 Å². The molecule has 0 aromatic heterocycles. The van der Waals surface area contributed by atoms with Gasteiger partial charge in [-0.3, -0.25) is 0 Å². The molecule has 0 aliphatic rings. The van der Waals surface area contributed by atoms with Crippen molar-refractivity contribution in [1.82, 2.24) is 10.2 Å². The Balaban J connectivity index is 1.55. The van der Waals surface area contributed by atoms with E-state index in [2.05, 4.69) is 115 Å². The van der Waals surface area contributed by atoms with Crippen molar-refractivity contribution >= 4 is 6.03 Å². The van der Waals surface area contributed by atoms with Crippen LogP contribution in [0.5, 0.6) is 0 Å². The van der Waals surface area contributed by atoms with Crippen molar-refractivity contribution in [3.05, 3.63) is 143 Å². The van der Waals surface area contributed by atoms with Gasteiger partial charge in [-0.05, 0) is 61.2 Å². The summed E-state index contributed by atoms with van der Waals surface area (Å²) >= 11 is 0. The lowest BCUT2D eigenvalue weighted by atomic mass is 9.86. The number of carbonyl (C=O) groups is 1. The lowest BCUT2D eigenvalue weighted by Crippen LogP contribution is -2.46. The van der Waals surface area contributed by atoms with Gasteiger partial charge in [-0.25, -0.2) is 4.79 Å². The molecule has 4 rings (SSSR count). The van der Waals surface area contributed by atoms with Crippen LogP contribution in [-0.4, -0.2) is 44.2 Å². The summed E-state index contributed by atoms with van der Waals surface area (Å²) < 4.78 is 6.23. The summed E-state index contributed by atoms with van der Waals surface area (Å²) in [4.78, 5) is 14.5. The highest BCUT2D eigenvalue weighted by Crippen LogP contribution is 2.25. The van der Waals surface area contributed by atoms with Crippen LogP contribution in [0.4, 0.5) is 4.79 Å². The number of nitrogens with one attached hydrogen (secondary N) is 1. The SMILES string of the molecule is CN(C)C[C@@H](Cc1ccccc1)c1cccc(CC(NC(N)=O)[C@@H](COCc2ccccc2)Cc2ccccc2)c1. The maximum Gasteiger partial charge on any atom is 0.312 e. The second kappa shape index (κ2) is 15.8. The van der Waals surface area contributed by atoms with E-state index in [1.165, 1.54) is 22.3 Å². The van der Waals surface area contributed by atoms with Gasteiger partial charge in [0.2, 0.25) is 0 Å². The monoisotopic (exact) mass is 549 g/mol. The number of nitrogens with zero attached hydrogens (tertiary/aromatic N) is 1. The Morgan fingerprint density at radius 3 is 1.88 bits per heavy atom. The number of benzene rings is 4. The zero-order chi connectivity index (χ0) is 28.9. The number of carbonyl (C=O) groups excluding carboxylic acids is 1. The first-order chi connectivity index (χ1) is 20.0. The smallest absolute Gasteiger partial charge is 0.312 e. The molecule has 3 atom stereocenters. The summed E-state index contributed by atoms with van der Waals surface area (Å²) in [6.45, 7) is 1.98. The van der Waals surface area contributed by atoms with Crippen LogP contribution in [0.3, 0.4) is 0 Å². The van der Waals surface area contributed by atoms with Crippen molar-refractivity contribution in [2.24, 2.45) is 11.7 Å². The molecule has 5 nitrogen and oxygen atoms in total. The van der Waals surface area contributed by atoms with Crippen LogP contribution in [0.25, 0.3) is 0 Å². The second-order valence-electron chi connectivity index (χ2n) is 11.2. The molecule has 0 fully saturated rings. The van der Waals surface area contributed by atoms with Crippen molar-refractivity contribution in [2.45, 2.75) is 37.8 Å². The van der Waals surface area contributed by atoms with Gasteiger partial charge < -0.3 is 20.7 Å². The fourth-order valence-corrected chi connectivity index (χ4v) is 5.51. The van der Waals surface area contributed by atoms with E-state index >= 15 is 0 Å². The summed E-state index contributed by atoms with van der Waals surface area (Å²) in [6, 6.07) is 39.3. The Bertz CT molecular complexity index is 1310. The van der Waals surface area contributed by atoms with E-state index in [0.717, 1.165) is 24.9 Å². The number of amides is 2. The summed E-state index contributed by atoms with van der Waals surface area (Å²) in [5.74, 6) is 0.392. The quantitative estimate of drug-likeness (QED) is 0.185. The number of primary amides is 1. The molecule has 2 amide bonds. The Hall–Kier alpha value is -3.93. The Morgan fingerprint density at radius 2 is 1.29 bits per heavy atom. The van der Waals surface area contributed by atoms with Gasteiger partial charge in [0, 0.05) is 24.4 Å².